The van der Waals surface area contributed by atoms with Crippen LogP contribution in [0.3, 0.4) is 0 Å². The van der Waals surface area contributed by atoms with E-state index in [9.17, 15) is 9.59 Å². The molecule has 6 heteroatoms. The molecule has 1 aliphatic carbocycles. The van der Waals surface area contributed by atoms with Crippen molar-refractivity contribution in [2.75, 3.05) is 0 Å². The molecule has 0 fully saturated rings. The third kappa shape index (κ3) is 1.37. The summed E-state index contributed by atoms with van der Waals surface area (Å²) in [6.07, 6.45) is 2.04. The van der Waals surface area contributed by atoms with Gasteiger partial charge in [-0.05, 0) is 17.7 Å². The van der Waals surface area contributed by atoms with Gasteiger partial charge < -0.3 is 0 Å². The summed E-state index contributed by atoms with van der Waals surface area (Å²) in [6.45, 7) is 0. The van der Waals surface area contributed by atoms with Crippen molar-refractivity contribution in [3.63, 3.8) is 0 Å². The lowest BCUT2D eigenvalue weighted by molar-refractivity contribution is -0.114. The van der Waals surface area contributed by atoms with Gasteiger partial charge in [-0.2, -0.15) is 0 Å². The zero-order chi connectivity index (χ0) is 9.14. The molecule has 0 amide bonds. The van der Waals surface area contributed by atoms with E-state index in [-0.39, 0.29) is 10.7 Å². The highest BCUT2D eigenvalue weighted by molar-refractivity contribution is 6.47. The van der Waals surface area contributed by atoms with E-state index in [1.807, 2.05) is 0 Å². The van der Waals surface area contributed by atoms with Gasteiger partial charge in [0, 0.05) is 4.91 Å². The maximum Gasteiger partial charge on any atom is 0.197 e. The molecular weight excluding hydrogens is 182 g/mol. The highest BCUT2D eigenvalue weighted by Gasteiger charge is 2.19. The number of hydrogen-bond donors (Lipinski definition) is 0. The fraction of sp³-hybridized carbons (Fsp3) is 0. The third-order valence-corrected chi connectivity index (χ3v) is 1.55. The summed E-state index contributed by atoms with van der Waals surface area (Å²) >= 11 is 5.40. The molecule has 0 aliphatic heterocycles. The molecule has 60 valence electrons. The second kappa shape index (κ2) is 3.21. The van der Waals surface area contributed by atoms with Crippen molar-refractivity contribution in [1.29, 1.82) is 0 Å². The summed E-state index contributed by atoms with van der Waals surface area (Å²) in [6, 6.07) is 0. The average molecular weight is 184 g/mol. The molecule has 0 spiro atoms. The fourth-order valence-corrected chi connectivity index (χ4v) is 0.860. The summed E-state index contributed by atoms with van der Waals surface area (Å²) in [5.74, 6) is -1.09. The Hall–Kier alpha value is -1.58. The van der Waals surface area contributed by atoms with Gasteiger partial charge in [-0.25, -0.2) is 0 Å². The summed E-state index contributed by atoms with van der Waals surface area (Å²) in [7, 11) is 0. The molecule has 0 bridgehead atoms. The molecule has 0 atom stereocenters. The maximum atomic E-state index is 10.9. The molecular formula is C6H2ClN3O2. The molecule has 5 nitrogen and oxygen atoms in total. The predicted octanol–water partition coefficient (Wildman–Crippen LogP) is 1.46. The Balaban J connectivity index is 3.23. The van der Waals surface area contributed by atoms with E-state index < -0.39 is 11.6 Å². The first kappa shape index (κ1) is 8.52. The van der Waals surface area contributed by atoms with Crippen LogP contribution >= 0.6 is 11.6 Å². The largest absolute Gasteiger partial charge is 0.289 e. The van der Waals surface area contributed by atoms with E-state index in [1.54, 1.807) is 0 Å². The van der Waals surface area contributed by atoms with Gasteiger partial charge in [0.05, 0.1) is 0 Å². The molecule has 0 heterocycles. The van der Waals surface area contributed by atoms with Crippen molar-refractivity contribution in [2.45, 2.75) is 0 Å². The molecule has 0 saturated carbocycles. The first-order valence-electron chi connectivity index (χ1n) is 2.88. The number of rotatable bonds is 1. The second-order valence-corrected chi connectivity index (χ2v) is 2.29. The fourth-order valence-electron chi connectivity index (χ4n) is 0.666. The summed E-state index contributed by atoms with van der Waals surface area (Å²) in [4.78, 5) is 24.1. The highest BCUT2D eigenvalue weighted by atomic mass is 35.5. The van der Waals surface area contributed by atoms with Crippen LogP contribution in [0.2, 0.25) is 0 Å². The molecule has 0 N–H and O–H groups in total. The van der Waals surface area contributed by atoms with Crippen LogP contribution in [0.4, 0.5) is 0 Å². The lowest BCUT2D eigenvalue weighted by Gasteiger charge is -2.02. The number of hydrogen-bond acceptors (Lipinski definition) is 3. The number of carbonyl (C=O) groups is 2. The van der Waals surface area contributed by atoms with Gasteiger partial charge in [0.1, 0.15) is 10.7 Å². The van der Waals surface area contributed by atoms with Gasteiger partial charge in [-0.3, -0.25) is 9.59 Å². The first-order chi connectivity index (χ1) is 5.66. The topological polar surface area (TPSA) is 82.9 Å². The van der Waals surface area contributed by atoms with Crippen molar-refractivity contribution in [3.8, 4) is 0 Å². The van der Waals surface area contributed by atoms with Crippen LogP contribution in [-0.2, 0) is 9.59 Å². The average Bonchev–Trinajstić information content (AvgIpc) is 2.06. The van der Waals surface area contributed by atoms with Gasteiger partial charge >= 0.3 is 0 Å². The van der Waals surface area contributed by atoms with Crippen LogP contribution in [-0.4, -0.2) is 11.6 Å². The van der Waals surface area contributed by atoms with Crippen molar-refractivity contribution in [2.24, 2.45) is 5.11 Å². The number of carbonyl (C=O) groups excluding carboxylic acids is 2. The lowest BCUT2D eigenvalue weighted by Crippen LogP contribution is -2.09. The molecule has 0 unspecified atom stereocenters. The van der Waals surface area contributed by atoms with Crippen molar-refractivity contribution in [1.82, 2.24) is 0 Å². The first-order valence-corrected chi connectivity index (χ1v) is 3.26. The van der Waals surface area contributed by atoms with E-state index in [4.69, 9.17) is 17.1 Å². The molecule has 12 heavy (non-hydrogen) atoms. The Bertz CT molecular complexity index is 363. The SMILES string of the molecule is [N-]=[N+]=NC1=C(Cl)C(=O)C=CC1=O. The maximum absolute atomic E-state index is 10.9. The minimum atomic E-state index is -0.558. The van der Waals surface area contributed by atoms with Crippen LogP contribution < -0.4 is 0 Å². The predicted molar refractivity (Wildman–Crippen MR) is 41.2 cm³/mol. The second-order valence-electron chi connectivity index (χ2n) is 1.91. The Morgan fingerprint density at radius 2 is 1.92 bits per heavy atom. The quantitative estimate of drug-likeness (QED) is 0.267. The molecule has 1 aliphatic rings. The summed E-state index contributed by atoms with van der Waals surface area (Å²) in [5, 5.41) is 2.67. The van der Waals surface area contributed by atoms with Crippen molar-refractivity contribution < 1.29 is 9.59 Å². The lowest BCUT2D eigenvalue weighted by atomic mass is 10.1. The van der Waals surface area contributed by atoms with Crippen molar-refractivity contribution in [3.05, 3.63) is 33.3 Å². The summed E-state index contributed by atoms with van der Waals surface area (Å²) < 4.78 is 0. The van der Waals surface area contributed by atoms with Crippen LogP contribution in [0.1, 0.15) is 0 Å². The van der Waals surface area contributed by atoms with Crippen molar-refractivity contribution >= 4 is 23.2 Å². The molecule has 0 radical (unpaired) electrons. The minimum Gasteiger partial charge on any atom is -0.289 e. The van der Waals surface area contributed by atoms with E-state index in [0.29, 0.717) is 0 Å². The number of allylic oxidation sites excluding steroid dienone is 3. The smallest absolute Gasteiger partial charge is 0.197 e. The Morgan fingerprint density at radius 3 is 2.50 bits per heavy atom. The highest BCUT2D eigenvalue weighted by Crippen LogP contribution is 2.18. The van der Waals surface area contributed by atoms with Gasteiger partial charge in [-0.1, -0.05) is 16.7 Å². The Morgan fingerprint density at radius 1 is 1.33 bits per heavy atom. The van der Waals surface area contributed by atoms with Crippen LogP contribution in [0, 0.1) is 0 Å². The zero-order valence-electron chi connectivity index (χ0n) is 5.69. The van der Waals surface area contributed by atoms with Gasteiger partial charge in [-0.15, -0.1) is 0 Å². The van der Waals surface area contributed by atoms with Crippen LogP contribution in [0.15, 0.2) is 28.0 Å². The minimum absolute atomic E-state index is 0.333. The van der Waals surface area contributed by atoms with E-state index in [2.05, 4.69) is 10.0 Å². The van der Waals surface area contributed by atoms with E-state index in [1.165, 1.54) is 0 Å². The molecule has 1 rings (SSSR count). The normalized spacial score (nSPS) is 16.4. The molecule has 0 saturated heterocycles. The zero-order valence-corrected chi connectivity index (χ0v) is 6.45. The Labute approximate surface area is 71.9 Å². The Kier molecular flexibility index (Phi) is 2.28. The van der Waals surface area contributed by atoms with Gasteiger partial charge in [0.15, 0.2) is 11.6 Å². The van der Waals surface area contributed by atoms with Crippen LogP contribution in [0.25, 0.3) is 10.4 Å². The number of nitrogens with zero attached hydrogens (tertiary/aromatic N) is 3. The number of halogens is 1. The number of azide groups is 1. The standard InChI is InChI=1S/C6H2ClN3O2/c7-5-3(11)1-2-4(12)6(5)9-10-8/h1-2H. The van der Waals surface area contributed by atoms with Gasteiger partial charge in [0.25, 0.3) is 0 Å². The molecule has 0 aromatic heterocycles. The number of ketones is 2. The van der Waals surface area contributed by atoms with E-state index >= 15 is 0 Å². The van der Waals surface area contributed by atoms with E-state index in [0.717, 1.165) is 12.2 Å². The molecule has 0 aromatic carbocycles. The monoisotopic (exact) mass is 183 g/mol. The third-order valence-electron chi connectivity index (χ3n) is 1.19. The molecule has 0 aromatic rings. The van der Waals surface area contributed by atoms with Crippen LogP contribution in [0.5, 0.6) is 0 Å². The summed E-state index contributed by atoms with van der Waals surface area (Å²) in [5.41, 5.74) is 7.68. The van der Waals surface area contributed by atoms with Gasteiger partial charge in [0.2, 0.25) is 0 Å².